The first-order valence-corrected chi connectivity index (χ1v) is 9.45. The van der Waals surface area contributed by atoms with Crippen LogP contribution in [0.4, 0.5) is 0 Å². The maximum absolute atomic E-state index is 12.1. The molecule has 0 unspecified atom stereocenters. The van der Waals surface area contributed by atoms with E-state index in [0.29, 0.717) is 18.4 Å². The molecular formula is C12H18N2O5S2. The molecular weight excluding hydrogens is 316 g/mol. The van der Waals surface area contributed by atoms with Crippen LogP contribution in [0, 0.1) is 0 Å². The molecule has 1 aliphatic rings. The summed E-state index contributed by atoms with van der Waals surface area (Å²) in [6, 6.07) is 6.04. The van der Waals surface area contributed by atoms with Gasteiger partial charge in [-0.3, -0.25) is 0 Å². The van der Waals surface area contributed by atoms with Crippen molar-refractivity contribution in [2.75, 3.05) is 7.11 Å². The van der Waals surface area contributed by atoms with Crippen LogP contribution in [-0.2, 0) is 31.3 Å². The second kappa shape index (κ2) is 6.01. The van der Waals surface area contributed by atoms with Gasteiger partial charge in [-0.1, -0.05) is 18.2 Å². The molecule has 0 saturated heterocycles. The van der Waals surface area contributed by atoms with E-state index < -0.39 is 25.3 Å². The molecule has 1 aromatic rings. The van der Waals surface area contributed by atoms with Gasteiger partial charge in [-0.15, -0.1) is 0 Å². The summed E-state index contributed by atoms with van der Waals surface area (Å²) < 4.78 is 54.5. The molecule has 0 amide bonds. The zero-order valence-corrected chi connectivity index (χ0v) is 13.2. The van der Waals surface area contributed by atoms with Gasteiger partial charge in [0, 0.05) is 13.7 Å². The van der Waals surface area contributed by atoms with Gasteiger partial charge in [0.05, 0.1) is 16.2 Å². The first-order chi connectivity index (χ1) is 9.74. The van der Waals surface area contributed by atoms with Crippen molar-refractivity contribution in [3.05, 3.63) is 29.8 Å². The molecule has 118 valence electrons. The van der Waals surface area contributed by atoms with Crippen molar-refractivity contribution in [1.29, 1.82) is 0 Å². The van der Waals surface area contributed by atoms with Crippen LogP contribution in [0.3, 0.4) is 0 Å². The number of nitrogens with two attached hydrogens (primary N) is 1. The molecule has 9 heteroatoms. The Morgan fingerprint density at radius 1 is 1.24 bits per heavy atom. The van der Waals surface area contributed by atoms with Crippen LogP contribution in [0.15, 0.2) is 29.2 Å². The van der Waals surface area contributed by atoms with E-state index in [4.69, 9.17) is 9.88 Å². The van der Waals surface area contributed by atoms with Crippen LogP contribution < -0.4 is 9.86 Å². The molecule has 0 bridgehead atoms. The zero-order chi connectivity index (χ0) is 15.7. The van der Waals surface area contributed by atoms with Crippen LogP contribution in [0.25, 0.3) is 0 Å². The van der Waals surface area contributed by atoms with Crippen LogP contribution in [-0.4, -0.2) is 35.3 Å². The van der Waals surface area contributed by atoms with Gasteiger partial charge in [-0.25, -0.2) is 26.7 Å². The Bertz CT molecular complexity index is 709. The summed E-state index contributed by atoms with van der Waals surface area (Å²) in [6.07, 6.45) is 0.869. The van der Waals surface area contributed by atoms with Crippen LogP contribution in [0.2, 0.25) is 0 Å². The maximum Gasteiger partial charge on any atom is 0.238 e. The van der Waals surface area contributed by atoms with Crippen molar-refractivity contribution < 1.29 is 21.6 Å². The third-order valence-corrected chi connectivity index (χ3v) is 6.39. The number of benzene rings is 1. The fraction of sp³-hybridized carbons (Fsp3) is 0.500. The lowest BCUT2D eigenvalue weighted by Gasteiger charge is -2.33. The SMILES string of the molecule is COC1CC(S(=O)(=O)NCc2ccccc2S(N)(=O)=O)C1. The normalized spacial score (nSPS) is 22.8. The number of sulfonamides is 2. The number of nitrogens with one attached hydrogen (secondary N) is 1. The van der Waals surface area contributed by atoms with E-state index >= 15 is 0 Å². The third-order valence-electron chi connectivity index (χ3n) is 3.57. The van der Waals surface area contributed by atoms with Crippen molar-refractivity contribution >= 4 is 20.0 Å². The molecule has 0 radical (unpaired) electrons. The van der Waals surface area contributed by atoms with Gasteiger partial charge in [-0.2, -0.15) is 0 Å². The highest BCUT2D eigenvalue weighted by molar-refractivity contribution is 7.90. The first kappa shape index (κ1) is 16.4. The average Bonchev–Trinajstić information content (AvgIpc) is 2.34. The summed E-state index contributed by atoms with van der Waals surface area (Å²) in [5.41, 5.74) is 0.325. The monoisotopic (exact) mass is 334 g/mol. The minimum absolute atomic E-state index is 0.0247. The Morgan fingerprint density at radius 2 is 1.86 bits per heavy atom. The molecule has 0 aromatic heterocycles. The number of rotatable bonds is 6. The van der Waals surface area contributed by atoms with Gasteiger partial charge in [0.25, 0.3) is 0 Å². The Balaban J connectivity index is 2.07. The van der Waals surface area contributed by atoms with Crippen LogP contribution in [0.1, 0.15) is 18.4 Å². The molecule has 1 saturated carbocycles. The largest absolute Gasteiger partial charge is 0.381 e. The lowest BCUT2D eigenvalue weighted by Crippen LogP contribution is -2.45. The van der Waals surface area contributed by atoms with Gasteiger partial charge in [0.2, 0.25) is 20.0 Å². The van der Waals surface area contributed by atoms with Gasteiger partial charge in [0.1, 0.15) is 0 Å². The van der Waals surface area contributed by atoms with E-state index in [1.165, 1.54) is 18.2 Å². The highest BCUT2D eigenvalue weighted by Crippen LogP contribution is 2.28. The predicted molar refractivity (Wildman–Crippen MR) is 77.4 cm³/mol. The summed E-state index contributed by atoms with van der Waals surface area (Å²) >= 11 is 0. The second-order valence-electron chi connectivity index (χ2n) is 4.97. The molecule has 0 atom stereocenters. The summed E-state index contributed by atoms with van der Waals surface area (Å²) in [5.74, 6) is 0. The molecule has 7 nitrogen and oxygen atoms in total. The Kier molecular flexibility index (Phi) is 4.69. The maximum atomic E-state index is 12.1. The van der Waals surface area contributed by atoms with Crippen molar-refractivity contribution in [2.24, 2.45) is 5.14 Å². The molecule has 0 heterocycles. The van der Waals surface area contributed by atoms with Gasteiger partial charge >= 0.3 is 0 Å². The minimum Gasteiger partial charge on any atom is -0.381 e. The first-order valence-electron chi connectivity index (χ1n) is 6.36. The van der Waals surface area contributed by atoms with Crippen molar-refractivity contribution in [3.63, 3.8) is 0 Å². The van der Waals surface area contributed by atoms with Crippen molar-refractivity contribution in [2.45, 2.75) is 35.6 Å². The lowest BCUT2D eigenvalue weighted by atomic mass is 9.95. The summed E-state index contributed by atoms with van der Waals surface area (Å²) in [4.78, 5) is -0.0731. The lowest BCUT2D eigenvalue weighted by molar-refractivity contribution is 0.0434. The molecule has 1 aromatic carbocycles. The van der Waals surface area contributed by atoms with Crippen molar-refractivity contribution in [1.82, 2.24) is 4.72 Å². The van der Waals surface area contributed by atoms with Gasteiger partial charge in [0.15, 0.2) is 0 Å². The quantitative estimate of drug-likeness (QED) is 0.755. The molecule has 0 spiro atoms. The summed E-state index contributed by atoms with van der Waals surface area (Å²) in [7, 11) is -5.83. The topological polar surface area (TPSA) is 116 Å². The van der Waals surface area contributed by atoms with Crippen LogP contribution >= 0.6 is 0 Å². The van der Waals surface area contributed by atoms with E-state index in [9.17, 15) is 16.8 Å². The molecule has 1 aliphatic carbocycles. The van der Waals surface area contributed by atoms with E-state index in [1.54, 1.807) is 13.2 Å². The fourth-order valence-corrected chi connectivity index (χ4v) is 4.49. The molecule has 0 aliphatic heterocycles. The molecule has 21 heavy (non-hydrogen) atoms. The highest BCUT2D eigenvalue weighted by atomic mass is 32.2. The van der Waals surface area contributed by atoms with E-state index in [1.807, 2.05) is 0 Å². The number of primary sulfonamides is 1. The molecule has 1 fully saturated rings. The third kappa shape index (κ3) is 3.80. The molecule has 2 rings (SSSR count). The predicted octanol–water partition coefficient (Wildman–Crippen LogP) is -0.0692. The Morgan fingerprint density at radius 3 is 2.43 bits per heavy atom. The Labute approximate surface area is 124 Å². The van der Waals surface area contributed by atoms with Gasteiger partial charge < -0.3 is 4.74 Å². The zero-order valence-electron chi connectivity index (χ0n) is 11.5. The minimum atomic E-state index is -3.88. The van der Waals surface area contributed by atoms with E-state index in [-0.39, 0.29) is 17.5 Å². The van der Waals surface area contributed by atoms with Gasteiger partial charge in [-0.05, 0) is 24.5 Å². The second-order valence-corrected chi connectivity index (χ2v) is 8.55. The number of methoxy groups -OCH3 is 1. The standard InChI is InChI=1S/C12H18N2O5S2/c1-19-10-6-11(7-10)21(17,18)14-8-9-4-2-3-5-12(9)20(13,15)16/h2-5,10-11,14H,6-8H2,1H3,(H2,13,15,16). The number of ether oxygens (including phenoxy) is 1. The number of hydrogen-bond acceptors (Lipinski definition) is 5. The molecule has 3 N–H and O–H groups in total. The number of hydrogen-bond donors (Lipinski definition) is 2. The summed E-state index contributed by atoms with van der Waals surface area (Å²) in [5, 5.41) is 4.61. The van der Waals surface area contributed by atoms with Crippen molar-refractivity contribution in [3.8, 4) is 0 Å². The average molecular weight is 334 g/mol. The van der Waals surface area contributed by atoms with E-state index in [2.05, 4.69) is 4.72 Å². The van der Waals surface area contributed by atoms with Crippen LogP contribution in [0.5, 0.6) is 0 Å². The Hall–Kier alpha value is -1.00. The fourth-order valence-electron chi connectivity index (χ4n) is 2.19. The van der Waals surface area contributed by atoms with E-state index in [0.717, 1.165) is 0 Å². The smallest absolute Gasteiger partial charge is 0.238 e. The summed E-state index contributed by atoms with van der Waals surface area (Å²) in [6.45, 7) is -0.108. The highest BCUT2D eigenvalue weighted by Gasteiger charge is 2.38.